The van der Waals surface area contributed by atoms with Crippen molar-refractivity contribution in [1.29, 1.82) is 0 Å². The Balaban J connectivity index is 0.000000144. The molecule has 0 bridgehead atoms. The molecule has 0 amide bonds. The van der Waals surface area contributed by atoms with E-state index in [1.807, 2.05) is 0 Å². The molecule has 0 radical (unpaired) electrons. The molecule has 0 aliphatic carbocycles. The molecule has 0 fully saturated rings. The molecule has 0 saturated heterocycles. The summed E-state index contributed by atoms with van der Waals surface area (Å²) in [5.74, 6) is -2.78. The molecule has 44 heavy (non-hydrogen) atoms. The molecule has 0 atom stereocenters. The summed E-state index contributed by atoms with van der Waals surface area (Å²) in [5, 5.41) is 27.6. The first-order chi connectivity index (χ1) is 21.2. The predicted octanol–water partition coefficient (Wildman–Crippen LogP) is 3.82. The maximum Gasteiger partial charge on any atom is 0.323 e. The smallest absolute Gasteiger partial charge is 0.323 e. The highest BCUT2D eigenvalue weighted by molar-refractivity contribution is 6.32. The maximum absolute atomic E-state index is 12.1. The van der Waals surface area contributed by atoms with Crippen LogP contribution in [0, 0.1) is 0 Å². The van der Waals surface area contributed by atoms with Crippen LogP contribution in [0.2, 0.25) is 0 Å². The van der Waals surface area contributed by atoms with Crippen LogP contribution in [0.1, 0.15) is 0 Å². The van der Waals surface area contributed by atoms with Crippen molar-refractivity contribution in [2.24, 2.45) is 0 Å². The third-order valence-corrected chi connectivity index (χ3v) is 8.04. The third-order valence-electron chi connectivity index (χ3n) is 8.04. The number of aromatic nitrogens is 2. The lowest BCUT2D eigenvalue weighted by Gasteiger charge is -2.13. The number of fused-ring (bicyclic) bond motifs is 4. The molecule has 0 saturated carbocycles. The lowest BCUT2D eigenvalue weighted by atomic mass is 9.90. The van der Waals surface area contributed by atoms with Gasteiger partial charge >= 0.3 is 11.9 Å². The van der Waals surface area contributed by atoms with E-state index in [4.69, 9.17) is 10.2 Å². The zero-order chi connectivity index (χ0) is 30.9. The number of nitrogens with zero attached hydrogens (tertiary/aromatic N) is 2. The van der Waals surface area contributed by atoms with Crippen molar-refractivity contribution in [3.8, 4) is 0 Å². The van der Waals surface area contributed by atoms with Crippen molar-refractivity contribution >= 4 is 76.6 Å². The number of hydrogen-bond donors (Lipinski definition) is 2. The fourth-order valence-corrected chi connectivity index (χ4v) is 6.21. The van der Waals surface area contributed by atoms with E-state index < -0.39 is 47.3 Å². The predicted molar refractivity (Wildman–Crippen MR) is 168 cm³/mol. The first-order valence-corrected chi connectivity index (χ1v) is 13.5. The van der Waals surface area contributed by atoms with Crippen LogP contribution in [0.4, 0.5) is 0 Å². The molecular weight excluding hydrogens is 564 g/mol. The average Bonchev–Trinajstić information content (AvgIpc) is 3.38. The molecule has 0 aliphatic heterocycles. The molecule has 214 valence electrons. The lowest BCUT2D eigenvalue weighted by Crippen LogP contribution is -2.29. The summed E-state index contributed by atoms with van der Waals surface area (Å²) in [5.41, 5.74) is -3.57. The summed E-state index contributed by atoms with van der Waals surface area (Å²) >= 11 is 0. The molecular formula is C34H20N2O8. The van der Waals surface area contributed by atoms with Crippen LogP contribution in [-0.2, 0) is 22.7 Å². The Bertz CT molecular complexity index is 2370. The van der Waals surface area contributed by atoms with E-state index >= 15 is 0 Å². The Hall–Kier alpha value is -6.16. The molecule has 2 aromatic heterocycles. The van der Waals surface area contributed by atoms with Crippen molar-refractivity contribution in [1.82, 2.24) is 9.13 Å². The molecule has 8 rings (SSSR count). The van der Waals surface area contributed by atoms with Gasteiger partial charge in [0.15, 0.2) is 0 Å². The summed E-state index contributed by atoms with van der Waals surface area (Å²) in [4.78, 5) is 70.0. The average molecular weight is 585 g/mol. The Labute approximate surface area is 244 Å². The summed E-state index contributed by atoms with van der Waals surface area (Å²) in [7, 11) is 0. The Morgan fingerprint density at radius 3 is 0.977 bits per heavy atom. The minimum Gasteiger partial charge on any atom is -0.480 e. The molecule has 0 aliphatic rings. The molecule has 0 spiro atoms. The van der Waals surface area contributed by atoms with E-state index in [0.29, 0.717) is 9.13 Å². The number of benzene rings is 6. The second kappa shape index (κ2) is 9.70. The zero-order valence-corrected chi connectivity index (χ0v) is 22.7. The molecule has 2 N–H and O–H groups in total. The van der Waals surface area contributed by atoms with Crippen LogP contribution in [0.3, 0.4) is 0 Å². The minimum atomic E-state index is -1.39. The van der Waals surface area contributed by atoms with E-state index in [0.717, 1.165) is 12.1 Å². The fraction of sp³-hybridized carbons (Fsp3) is 0.0588. The van der Waals surface area contributed by atoms with Gasteiger partial charge in [-0.1, -0.05) is 72.8 Å². The van der Waals surface area contributed by atoms with Crippen LogP contribution in [0.25, 0.3) is 64.6 Å². The molecule has 6 aromatic carbocycles. The molecule has 2 heterocycles. The van der Waals surface area contributed by atoms with Crippen LogP contribution in [0.15, 0.2) is 104 Å². The number of carbonyl (C=O) groups is 2. The van der Waals surface area contributed by atoms with E-state index in [9.17, 15) is 28.8 Å². The quantitative estimate of drug-likeness (QED) is 0.234. The van der Waals surface area contributed by atoms with Gasteiger partial charge in [-0.25, -0.2) is 0 Å². The Kier molecular flexibility index (Phi) is 5.89. The van der Waals surface area contributed by atoms with Gasteiger partial charge in [0.1, 0.15) is 13.1 Å². The number of carboxylic acid groups (broad SMARTS) is 2. The maximum atomic E-state index is 12.1. The van der Waals surface area contributed by atoms with Gasteiger partial charge in [-0.3, -0.25) is 37.9 Å². The highest BCUT2D eigenvalue weighted by Gasteiger charge is 2.21. The summed E-state index contributed by atoms with van der Waals surface area (Å²) in [6.07, 6.45) is 0. The molecule has 8 aromatic rings. The van der Waals surface area contributed by atoms with Gasteiger partial charge in [0, 0.05) is 0 Å². The zero-order valence-electron chi connectivity index (χ0n) is 22.7. The second-order valence-corrected chi connectivity index (χ2v) is 10.5. The van der Waals surface area contributed by atoms with Gasteiger partial charge in [0.05, 0.1) is 21.5 Å². The van der Waals surface area contributed by atoms with E-state index in [1.165, 1.54) is 43.1 Å². The summed E-state index contributed by atoms with van der Waals surface area (Å²) < 4.78 is 0.984. The number of hydrogen-bond acceptors (Lipinski definition) is 6. The van der Waals surface area contributed by atoms with Crippen molar-refractivity contribution in [2.45, 2.75) is 13.1 Å². The standard InChI is InChI=1S/C20H12.C14H8N2O8/c1-5-13-6-2-11-17-18-12-4-8-14-7-3-10-16(20(14)18)15(9-1)19(13)17;17-9(18)3-15-11(21)5-1-6-8(2-7(5)13(15)23)14(24)16(12(6)22)4-10(19)20/h1-12H;1-2H,3-4H2,(H,17,18)(H,19,20). The van der Waals surface area contributed by atoms with Crippen LogP contribution in [0.5, 0.6) is 0 Å². The van der Waals surface area contributed by atoms with Crippen molar-refractivity contribution in [3.63, 3.8) is 0 Å². The number of carboxylic acids is 2. The van der Waals surface area contributed by atoms with Gasteiger partial charge in [-0.15, -0.1) is 0 Å². The van der Waals surface area contributed by atoms with Crippen LogP contribution in [-0.4, -0.2) is 31.3 Å². The van der Waals surface area contributed by atoms with E-state index in [-0.39, 0.29) is 21.5 Å². The molecule has 10 heteroatoms. The molecule has 10 nitrogen and oxygen atoms in total. The minimum absolute atomic E-state index is 0.196. The third kappa shape index (κ3) is 3.88. The Morgan fingerprint density at radius 1 is 0.455 bits per heavy atom. The van der Waals surface area contributed by atoms with Crippen molar-refractivity contribution in [2.75, 3.05) is 0 Å². The first-order valence-electron chi connectivity index (χ1n) is 13.5. The van der Waals surface area contributed by atoms with Crippen LogP contribution >= 0.6 is 0 Å². The van der Waals surface area contributed by atoms with Gasteiger partial charge in [-0.05, 0) is 55.2 Å². The van der Waals surface area contributed by atoms with Crippen molar-refractivity contribution in [3.05, 3.63) is 126 Å². The van der Waals surface area contributed by atoms with E-state index in [1.54, 1.807) is 0 Å². The summed E-state index contributed by atoms with van der Waals surface area (Å²) in [6.45, 7) is -1.69. The van der Waals surface area contributed by atoms with Crippen molar-refractivity contribution < 1.29 is 19.8 Å². The van der Waals surface area contributed by atoms with E-state index in [2.05, 4.69) is 72.8 Å². The van der Waals surface area contributed by atoms with Gasteiger partial charge in [-0.2, -0.15) is 0 Å². The Morgan fingerprint density at radius 2 is 0.727 bits per heavy atom. The second-order valence-electron chi connectivity index (χ2n) is 10.5. The highest BCUT2D eigenvalue weighted by Crippen LogP contribution is 2.39. The first kappa shape index (κ1) is 26.7. The largest absolute Gasteiger partial charge is 0.480 e. The fourth-order valence-electron chi connectivity index (χ4n) is 6.21. The van der Waals surface area contributed by atoms with Crippen LogP contribution < -0.4 is 22.2 Å². The number of aliphatic carboxylic acids is 2. The van der Waals surface area contributed by atoms with Gasteiger partial charge < -0.3 is 10.2 Å². The summed E-state index contributed by atoms with van der Waals surface area (Å²) in [6, 6.07) is 28.5. The molecule has 0 unspecified atom stereocenters. The normalized spacial score (nSPS) is 11.6. The lowest BCUT2D eigenvalue weighted by molar-refractivity contribution is -0.138. The number of rotatable bonds is 4. The SMILES string of the molecule is O=C(O)Cn1c(=O)c2cc3c(=O)n(CC(=O)O)c(=O)c3cc2c1=O.c1cc2cccc3c4cccc5cccc(c(c1)c23)c54. The van der Waals surface area contributed by atoms with Gasteiger partial charge in [0.25, 0.3) is 22.2 Å². The topological polar surface area (TPSA) is 153 Å². The highest BCUT2D eigenvalue weighted by atomic mass is 16.4. The van der Waals surface area contributed by atoms with Gasteiger partial charge in [0.2, 0.25) is 0 Å². The monoisotopic (exact) mass is 584 g/mol.